The zero-order valence-electron chi connectivity index (χ0n) is 10.9. The summed E-state index contributed by atoms with van der Waals surface area (Å²) in [7, 11) is 0. The summed E-state index contributed by atoms with van der Waals surface area (Å²) in [5, 5.41) is 9.36. The van der Waals surface area contributed by atoms with E-state index in [0.29, 0.717) is 6.04 Å². The molecule has 1 heterocycles. The van der Waals surface area contributed by atoms with E-state index in [4.69, 9.17) is 0 Å². The van der Waals surface area contributed by atoms with Crippen LogP contribution in [0.2, 0.25) is 0 Å². The highest BCUT2D eigenvalue weighted by Gasteiger charge is 2.40. The van der Waals surface area contributed by atoms with Crippen molar-refractivity contribution >= 4 is 5.97 Å². The Hall–Kier alpha value is -0.570. The fourth-order valence-electron chi connectivity index (χ4n) is 3.66. The van der Waals surface area contributed by atoms with E-state index in [1.54, 1.807) is 0 Å². The van der Waals surface area contributed by atoms with Gasteiger partial charge < -0.3 is 5.11 Å². The van der Waals surface area contributed by atoms with Crippen LogP contribution in [0.5, 0.6) is 0 Å². The van der Waals surface area contributed by atoms with Crippen LogP contribution in [0.25, 0.3) is 0 Å². The first kappa shape index (κ1) is 12.9. The molecule has 0 aromatic rings. The maximum absolute atomic E-state index is 11.4. The number of nitrogens with zero attached hydrogens (tertiary/aromatic N) is 1. The third kappa shape index (κ3) is 2.82. The number of aliphatic carboxylic acids is 1. The highest BCUT2D eigenvalue weighted by molar-refractivity contribution is 5.73. The van der Waals surface area contributed by atoms with E-state index in [2.05, 4.69) is 11.8 Å². The minimum absolute atomic E-state index is 0.208. The lowest BCUT2D eigenvalue weighted by Gasteiger charge is -2.47. The van der Waals surface area contributed by atoms with Gasteiger partial charge in [0, 0.05) is 6.04 Å². The van der Waals surface area contributed by atoms with Gasteiger partial charge in [-0.15, -0.1) is 0 Å². The van der Waals surface area contributed by atoms with Gasteiger partial charge in [-0.1, -0.05) is 26.2 Å². The molecule has 3 nitrogen and oxygen atoms in total. The van der Waals surface area contributed by atoms with Crippen molar-refractivity contribution in [2.24, 2.45) is 5.92 Å². The number of carboxylic acid groups (broad SMARTS) is 1. The summed E-state index contributed by atoms with van der Waals surface area (Å²) >= 11 is 0. The summed E-state index contributed by atoms with van der Waals surface area (Å²) in [5.41, 5.74) is 0. The van der Waals surface area contributed by atoms with Crippen LogP contribution >= 0.6 is 0 Å². The Morgan fingerprint density at radius 3 is 2.71 bits per heavy atom. The van der Waals surface area contributed by atoms with E-state index in [1.165, 1.54) is 25.7 Å². The Labute approximate surface area is 104 Å². The molecule has 0 bridgehead atoms. The minimum atomic E-state index is -0.606. The van der Waals surface area contributed by atoms with Crippen LogP contribution in [0.4, 0.5) is 0 Å². The number of piperidine rings is 1. The molecule has 0 aromatic heterocycles. The summed E-state index contributed by atoms with van der Waals surface area (Å²) < 4.78 is 0. The predicted molar refractivity (Wildman–Crippen MR) is 68.0 cm³/mol. The average molecular weight is 239 g/mol. The molecule has 2 rings (SSSR count). The lowest BCUT2D eigenvalue weighted by molar-refractivity contribution is -0.148. The number of likely N-dealkylation sites (tertiary alicyclic amines) is 1. The molecule has 1 aliphatic carbocycles. The summed E-state index contributed by atoms with van der Waals surface area (Å²) in [5.74, 6) is 0.168. The van der Waals surface area contributed by atoms with Gasteiger partial charge in [-0.05, 0) is 44.6 Å². The third-order valence-corrected chi connectivity index (χ3v) is 4.56. The molecule has 98 valence electrons. The molecule has 17 heavy (non-hydrogen) atoms. The standard InChI is InChI=1S/C14H25NO2/c1-2-3-10-15-12-7-5-4-6-11(12)8-9-13(15)14(16)17/h11-13H,2-10H2,1H3,(H,16,17). The molecule has 1 saturated carbocycles. The average Bonchev–Trinajstić information content (AvgIpc) is 2.35. The molecule has 2 fully saturated rings. The second kappa shape index (κ2) is 5.85. The van der Waals surface area contributed by atoms with Crippen molar-refractivity contribution in [1.82, 2.24) is 4.90 Å². The first-order valence-corrected chi connectivity index (χ1v) is 7.22. The Balaban J connectivity index is 2.07. The van der Waals surface area contributed by atoms with Gasteiger partial charge in [-0.25, -0.2) is 0 Å². The Bertz CT molecular complexity index is 267. The number of hydrogen-bond acceptors (Lipinski definition) is 2. The van der Waals surface area contributed by atoms with Gasteiger partial charge >= 0.3 is 5.97 Å². The van der Waals surface area contributed by atoms with Gasteiger partial charge in [0.2, 0.25) is 0 Å². The lowest BCUT2D eigenvalue weighted by Crippen LogP contribution is -2.55. The van der Waals surface area contributed by atoms with Crippen molar-refractivity contribution in [1.29, 1.82) is 0 Å². The molecule has 2 aliphatic rings. The maximum Gasteiger partial charge on any atom is 0.320 e. The maximum atomic E-state index is 11.4. The van der Waals surface area contributed by atoms with Crippen LogP contribution in [-0.4, -0.2) is 34.6 Å². The number of rotatable bonds is 4. The van der Waals surface area contributed by atoms with Crippen LogP contribution in [0.15, 0.2) is 0 Å². The van der Waals surface area contributed by atoms with Gasteiger partial charge in [0.15, 0.2) is 0 Å². The summed E-state index contributed by atoms with van der Waals surface area (Å²) in [6.45, 7) is 3.16. The van der Waals surface area contributed by atoms with Gasteiger partial charge in [0.1, 0.15) is 6.04 Å². The molecule has 0 spiro atoms. The van der Waals surface area contributed by atoms with E-state index in [0.717, 1.165) is 38.1 Å². The Morgan fingerprint density at radius 1 is 1.24 bits per heavy atom. The molecule has 3 heteroatoms. The van der Waals surface area contributed by atoms with Crippen molar-refractivity contribution in [3.05, 3.63) is 0 Å². The van der Waals surface area contributed by atoms with E-state index in [9.17, 15) is 9.90 Å². The highest BCUT2D eigenvalue weighted by atomic mass is 16.4. The van der Waals surface area contributed by atoms with Crippen molar-refractivity contribution in [2.45, 2.75) is 70.4 Å². The first-order chi connectivity index (χ1) is 8.24. The minimum Gasteiger partial charge on any atom is -0.480 e. The quantitative estimate of drug-likeness (QED) is 0.820. The summed E-state index contributed by atoms with van der Waals surface area (Å²) in [6, 6.07) is 0.353. The van der Waals surface area contributed by atoms with Crippen molar-refractivity contribution in [2.75, 3.05) is 6.54 Å². The van der Waals surface area contributed by atoms with E-state index < -0.39 is 5.97 Å². The number of carboxylic acids is 1. The zero-order valence-corrected chi connectivity index (χ0v) is 10.9. The third-order valence-electron chi connectivity index (χ3n) is 4.56. The number of fused-ring (bicyclic) bond motifs is 1. The van der Waals surface area contributed by atoms with Crippen molar-refractivity contribution in [3.8, 4) is 0 Å². The van der Waals surface area contributed by atoms with E-state index in [1.807, 2.05) is 0 Å². The molecule has 3 atom stereocenters. The molecule has 0 radical (unpaired) electrons. The van der Waals surface area contributed by atoms with Crippen molar-refractivity contribution < 1.29 is 9.90 Å². The summed E-state index contributed by atoms with van der Waals surface area (Å²) in [6.07, 6.45) is 9.45. The topological polar surface area (TPSA) is 40.5 Å². The molecule has 1 N–H and O–H groups in total. The van der Waals surface area contributed by atoms with Gasteiger partial charge in [-0.3, -0.25) is 9.69 Å². The zero-order chi connectivity index (χ0) is 12.3. The van der Waals surface area contributed by atoms with Crippen LogP contribution in [0.3, 0.4) is 0 Å². The van der Waals surface area contributed by atoms with E-state index in [-0.39, 0.29) is 6.04 Å². The largest absolute Gasteiger partial charge is 0.480 e. The highest BCUT2D eigenvalue weighted by Crippen LogP contribution is 2.37. The fourth-order valence-corrected chi connectivity index (χ4v) is 3.66. The molecule has 3 unspecified atom stereocenters. The van der Waals surface area contributed by atoms with Gasteiger partial charge in [0.25, 0.3) is 0 Å². The number of hydrogen-bond donors (Lipinski definition) is 1. The first-order valence-electron chi connectivity index (χ1n) is 7.22. The lowest BCUT2D eigenvalue weighted by atomic mass is 9.76. The van der Waals surface area contributed by atoms with Crippen LogP contribution in [-0.2, 0) is 4.79 Å². The molecule has 0 amide bonds. The van der Waals surface area contributed by atoms with Crippen LogP contribution in [0.1, 0.15) is 58.3 Å². The molecular formula is C14H25NO2. The van der Waals surface area contributed by atoms with Crippen molar-refractivity contribution in [3.63, 3.8) is 0 Å². The molecule has 0 aromatic carbocycles. The second-order valence-corrected chi connectivity index (χ2v) is 5.63. The number of carbonyl (C=O) groups is 1. The van der Waals surface area contributed by atoms with Crippen LogP contribution < -0.4 is 0 Å². The summed E-state index contributed by atoms with van der Waals surface area (Å²) in [4.78, 5) is 13.7. The van der Waals surface area contributed by atoms with Gasteiger partial charge in [0.05, 0.1) is 0 Å². The monoisotopic (exact) mass is 239 g/mol. The second-order valence-electron chi connectivity index (χ2n) is 5.63. The Kier molecular flexibility index (Phi) is 4.43. The molecule has 1 aliphatic heterocycles. The predicted octanol–water partition coefficient (Wildman–Crippen LogP) is 2.89. The Morgan fingerprint density at radius 2 is 2.00 bits per heavy atom. The number of unbranched alkanes of at least 4 members (excludes halogenated alkanes) is 1. The van der Waals surface area contributed by atoms with Crippen LogP contribution in [0, 0.1) is 5.92 Å². The fraction of sp³-hybridized carbons (Fsp3) is 0.929. The van der Waals surface area contributed by atoms with Gasteiger partial charge in [-0.2, -0.15) is 0 Å². The smallest absolute Gasteiger partial charge is 0.320 e. The SMILES string of the molecule is CCCCN1C(C(=O)O)CCC2CCCCC21. The normalized spacial score (nSPS) is 34.3. The molecular weight excluding hydrogens is 214 g/mol. The molecule has 1 saturated heterocycles. The van der Waals surface area contributed by atoms with E-state index >= 15 is 0 Å².